The van der Waals surface area contributed by atoms with Crippen molar-refractivity contribution < 1.29 is 0 Å². The summed E-state index contributed by atoms with van der Waals surface area (Å²) in [5.74, 6) is 1.97. The number of aromatic nitrogens is 2. The van der Waals surface area contributed by atoms with Crippen LogP contribution in [0.2, 0.25) is 0 Å². The molecule has 1 aromatic rings. The van der Waals surface area contributed by atoms with Crippen LogP contribution in [0.3, 0.4) is 0 Å². The number of hydrogen-bond donors (Lipinski definition) is 1. The molecule has 25 heavy (non-hydrogen) atoms. The van der Waals surface area contributed by atoms with E-state index in [1.807, 2.05) is 32.2 Å². The van der Waals surface area contributed by atoms with Crippen LogP contribution in [0.25, 0.3) is 0 Å². The zero-order valence-electron chi connectivity index (χ0n) is 16.7. The molecule has 0 radical (unpaired) electrons. The molecule has 7 heteroatoms. The summed E-state index contributed by atoms with van der Waals surface area (Å²) in [5, 5.41) is 3.52. The molecule has 6 nitrogen and oxygen atoms in total. The van der Waals surface area contributed by atoms with Crippen LogP contribution >= 0.6 is 24.0 Å². The molecule has 0 aliphatic carbocycles. The van der Waals surface area contributed by atoms with Crippen LogP contribution in [0.1, 0.15) is 45.2 Å². The molecule has 1 saturated heterocycles. The fraction of sp³-hybridized carbons (Fsp3) is 0.778. The number of aliphatic imine (C=N–C) groups is 1. The Hall–Kier alpha value is -0.990. The molecular formula is C18H35IN6. The minimum absolute atomic E-state index is 0. The molecule has 0 amide bonds. The summed E-state index contributed by atoms with van der Waals surface area (Å²) in [6.07, 6.45) is 7.04. The normalized spacial score (nSPS) is 21.0. The van der Waals surface area contributed by atoms with Gasteiger partial charge in [-0.1, -0.05) is 20.3 Å². The van der Waals surface area contributed by atoms with E-state index in [0.29, 0.717) is 5.41 Å². The first-order valence-corrected chi connectivity index (χ1v) is 9.03. The predicted molar refractivity (Wildman–Crippen MR) is 117 cm³/mol. The number of hydrogen-bond acceptors (Lipinski definition) is 3. The van der Waals surface area contributed by atoms with E-state index in [0.717, 1.165) is 37.2 Å². The lowest BCUT2D eigenvalue weighted by atomic mass is 9.78. The van der Waals surface area contributed by atoms with Crippen LogP contribution < -0.4 is 10.2 Å². The van der Waals surface area contributed by atoms with E-state index in [9.17, 15) is 0 Å². The summed E-state index contributed by atoms with van der Waals surface area (Å²) in [6.45, 7) is 7.62. The highest BCUT2D eigenvalue weighted by Crippen LogP contribution is 2.33. The van der Waals surface area contributed by atoms with Gasteiger partial charge in [0.1, 0.15) is 0 Å². The number of nitrogens with zero attached hydrogens (tertiary/aromatic N) is 5. The molecule has 2 rings (SSSR count). The number of anilines is 1. The molecule has 1 aliphatic heterocycles. The number of likely N-dealkylation sites (tertiary alicyclic amines) is 1. The Bertz CT molecular complexity index is 564. The molecule has 0 bridgehead atoms. The zero-order valence-corrected chi connectivity index (χ0v) is 19.0. The Balaban J connectivity index is 0.00000312. The van der Waals surface area contributed by atoms with Crippen molar-refractivity contribution in [1.82, 2.24) is 19.8 Å². The van der Waals surface area contributed by atoms with Gasteiger partial charge in [0.15, 0.2) is 5.96 Å². The van der Waals surface area contributed by atoms with Crippen molar-refractivity contribution in [3.05, 3.63) is 11.9 Å². The summed E-state index contributed by atoms with van der Waals surface area (Å²) in [5.41, 5.74) is 1.57. The Morgan fingerprint density at radius 3 is 2.72 bits per heavy atom. The summed E-state index contributed by atoms with van der Waals surface area (Å²) >= 11 is 0. The first-order valence-electron chi connectivity index (χ1n) is 9.03. The molecule has 0 aromatic carbocycles. The van der Waals surface area contributed by atoms with Gasteiger partial charge in [-0.15, -0.1) is 24.0 Å². The van der Waals surface area contributed by atoms with E-state index in [2.05, 4.69) is 45.7 Å². The van der Waals surface area contributed by atoms with Crippen LogP contribution in [-0.4, -0.2) is 54.6 Å². The lowest BCUT2D eigenvalue weighted by Crippen LogP contribution is -2.49. The number of nitrogens with one attached hydrogen (secondary N) is 1. The number of piperidine rings is 1. The molecule has 0 saturated carbocycles. The number of rotatable bonds is 5. The van der Waals surface area contributed by atoms with E-state index in [4.69, 9.17) is 0 Å². The number of halogens is 1. The Morgan fingerprint density at radius 2 is 2.16 bits per heavy atom. The highest BCUT2D eigenvalue weighted by Gasteiger charge is 2.31. The van der Waals surface area contributed by atoms with E-state index in [-0.39, 0.29) is 24.0 Å². The Morgan fingerprint density at radius 1 is 1.44 bits per heavy atom. The fourth-order valence-corrected chi connectivity index (χ4v) is 3.82. The van der Waals surface area contributed by atoms with Crippen molar-refractivity contribution in [3.63, 3.8) is 0 Å². The molecule has 144 valence electrons. The van der Waals surface area contributed by atoms with Gasteiger partial charge in [-0.3, -0.25) is 4.99 Å². The quantitative estimate of drug-likeness (QED) is 0.415. The second kappa shape index (κ2) is 9.64. The average molecular weight is 462 g/mol. The third-order valence-corrected chi connectivity index (χ3v) is 5.03. The average Bonchev–Trinajstić information content (AvgIpc) is 2.89. The van der Waals surface area contributed by atoms with Gasteiger partial charge in [0.2, 0.25) is 5.95 Å². The fourth-order valence-electron chi connectivity index (χ4n) is 3.82. The van der Waals surface area contributed by atoms with Crippen molar-refractivity contribution in [2.45, 2.75) is 46.1 Å². The van der Waals surface area contributed by atoms with E-state index < -0.39 is 0 Å². The van der Waals surface area contributed by atoms with Crippen molar-refractivity contribution in [2.75, 3.05) is 39.1 Å². The van der Waals surface area contributed by atoms with E-state index >= 15 is 0 Å². The maximum Gasteiger partial charge on any atom is 0.204 e. The first kappa shape index (κ1) is 22.1. The minimum Gasteiger partial charge on any atom is -0.351 e. The number of imidazole rings is 1. The molecular weight excluding hydrogens is 427 g/mol. The SMILES string of the molecule is CCCC1(C)CCCN(C(=NC)NCc2cnc(N(C)C)n2C)C1.I. The molecule has 1 aromatic heterocycles. The second-order valence-electron chi connectivity index (χ2n) is 7.49. The lowest BCUT2D eigenvalue weighted by Gasteiger charge is -2.42. The topological polar surface area (TPSA) is 48.7 Å². The standard InChI is InChI=1S/C18H34N6.HI/c1-7-9-18(2)10-8-11-24(14-18)16(19-3)20-12-15-13-21-17(22(4)5)23(15)6;/h13H,7-12,14H2,1-6H3,(H,19,20);1H. The predicted octanol–water partition coefficient (Wildman–Crippen LogP) is 3.08. The maximum atomic E-state index is 4.52. The number of guanidine groups is 1. The van der Waals surface area contributed by atoms with Gasteiger partial charge in [0.25, 0.3) is 0 Å². The molecule has 1 atom stereocenters. The van der Waals surface area contributed by atoms with E-state index in [1.54, 1.807) is 0 Å². The van der Waals surface area contributed by atoms with Gasteiger partial charge in [-0.05, 0) is 24.7 Å². The maximum absolute atomic E-state index is 4.52. The molecule has 1 unspecified atom stereocenters. The van der Waals surface area contributed by atoms with Crippen LogP contribution in [0.5, 0.6) is 0 Å². The highest BCUT2D eigenvalue weighted by molar-refractivity contribution is 14.0. The minimum atomic E-state index is 0. The Kier molecular flexibility index (Phi) is 8.50. The van der Waals surface area contributed by atoms with Crippen LogP contribution in [0, 0.1) is 5.41 Å². The summed E-state index contributed by atoms with van der Waals surface area (Å²) < 4.78 is 2.12. The Labute approximate surface area is 170 Å². The van der Waals surface area contributed by atoms with Crippen LogP contribution in [0.15, 0.2) is 11.2 Å². The monoisotopic (exact) mass is 462 g/mol. The summed E-state index contributed by atoms with van der Waals surface area (Å²) in [6, 6.07) is 0. The lowest BCUT2D eigenvalue weighted by molar-refractivity contribution is 0.142. The van der Waals surface area contributed by atoms with Gasteiger partial charge >= 0.3 is 0 Å². The third-order valence-electron chi connectivity index (χ3n) is 5.03. The van der Waals surface area contributed by atoms with Crippen molar-refractivity contribution in [1.29, 1.82) is 0 Å². The van der Waals surface area contributed by atoms with Gasteiger partial charge in [-0.2, -0.15) is 0 Å². The molecule has 1 aliphatic rings. The molecule has 1 N–H and O–H groups in total. The molecule has 2 heterocycles. The largest absolute Gasteiger partial charge is 0.351 e. The van der Waals surface area contributed by atoms with Crippen LogP contribution in [-0.2, 0) is 13.6 Å². The van der Waals surface area contributed by atoms with Gasteiger partial charge in [-0.25, -0.2) is 4.98 Å². The van der Waals surface area contributed by atoms with Gasteiger partial charge < -0.3 is 19.7 Å². The van der Waals surface area contributed by atoms with Crippen LogP contribution in [0.4, 0.5) is 5.95 Å². The smallest absolute Gasteiger partial charge is 0.204 e. The zero-order chi connectivity index (χ0) is 17.7. The van der Waals surface area contributed by atoms with Crippen molar-refractivity contribution in [2.24, 2.45) is 17.5 Å². The summed E-state index contributed by atoms with van der Waals surface area (Å²) in [4.78, 5) is 13.4. The van der Waals surface area contributed by atoms with Gasteiger partial charge in [0.05, 0.1) is 18.4 Å². The third kappa shape index (κ3) is 5.49. The van der Waals surface area contributed by atoms with E-state index in [1.165, 1.54) is 25.7 Å². The molecule has 0 spiro atoms. The first-order chi connectivity index (χ1) is 11.4. The molecule has 1 fully saturated rings. The van der Waals surface area contributed by atoms with Gasteiger partial charge in [0, 0.05) is 41.3 Å². The van der Waals surface area contributed by atoms with Crippen molar-refractivity contribution in [3.8, 4) is 0 Å². The second-order valence-corrected chi connectivity index (χ2v) is 7.49. The summed E-state index contributed by atoms with van der Waals surface area (Å²) in [7, 11) is 7.96. The van der Waals surface area contributed by atoms with Crippen molar-refractivity contribution >= 4 is 35.9 Å². The highest BCUT2D eigenvalue weighted by atomic mass is 127.